The van der Waals surface area contributed by atoms with Crippen LogP contribution >= 0.6 is 0 Å². The second-order valence-corrected chi connectivity index (χ2v) is 4.75. The van der Waals surface area contributed by atoms with Gasteiger partial charge < -0.3 is 14.4 Å². The molecular formula is C15H13N3O4. The van der Waals surface area contributed by atoms with Gasteiger partial charge >= 0.3 is 11.5 Å². The number of ether oxygens (including phenoxy) is 1. The molecule has 7 heteroatoms. The first-order valence-corrected chi connectivity index (χ1v) is 6.55. The molecule has 0 aliphatic heterocycles. The van der Waals surface area contributed by atoms with Crippen molar-refractivity contribution in [3.05, 3.63) is 64.3 Å². The van der Waals surface area contributed by atoms with Gasteiger partial charge in [0, 0.05) is 19.4 Å². The average Bonchev–Trinajstić information content (AvgIpc) is 2.89. The zero-order valence-corrected chi connectivity index (χ0v) is 11.8. The van der Waals surface area contributed by atoms with Crippen molar-refractivity contribution in [2.24, 2.45) is 7.05 Å². The first-order valence-electron chi connectivity index (χ1n) is 6.55. The molecule has 0 saturated carbocycles. The number of rotatable bonds is 4. The SMILES string of the molecule is Cn1ccn2c(=O)c(OCc3ccccc3)c(C(=O)O)nc12. The number of hydrogen-bond donors (Lipinski definition) is 1. The summed E-state index contributed by atoms with van der Waals surface area (Å²) < 4.78 is 8.27. The average molecular weight is 299 g/mol. The van der Waals surface area contributed by atoms with Gasteiger partial charge in [0.25, 0.3) is 0 Å². The lowest BCUT2D eigenvalue weighted by Gasteiger charge is -2.09. The Kier molecular flexibility index (Phi) is 3.38. The van der Waals surface area contributed by atoms with E-state index in [4.69, 9.17) is 4.74 Å². The van der Waals surface area contributed by atoms with E-state index in [-0.39, 0.29) is 23.8 Å². The highest BCUT2D eigenvalue weighted by Gasteiger charge is 2.21. The second-order valence-electron chi connectivity index (χ2n) is 4.75. The Morgan fingerprint density at radius 3 is 2.68 bits per heavy atom. The quantitative estimate of drug-likeness (QED) is 0.785. The van der Waals surface area contributed by atoms with Crippen LogP contribution in [-0.2, 0) is 13.7 Å². The zero-order valence-electron chi connectivity index (χ0n) is 11.8. The van der Waals surface area contributed by atoms with E-state index in [1.807, 2.05) is 30.3 Å². The molecule has 0 aliphatic rings. The van der Waals surface area contributed by atoms with Crippen LogP contribution in [0.1, 0.15) is 16.1 Å². The molecule has 0 aliphatic carbocycles. The van der Waals surface area contributed by atoms with E-state index in [0.717, 1.165) is 5.56 Å². The number of aromatic nitrogens is 3. The summed E-state index contributed by atoms with van der Waals surface area (Å²) >= 11 is 0. The van der Waals surface area contributed by atoms with E-state index in [1.165, 1.54) is 10.6 Å². The van der Waals surface area contributed by atoms with Gasteiger partial charge in [-0.05, 0) is 5.56 Å². The van der Waals surface area contributed by atoms with Crippen LogP contribution in [0.15, 0.2) is 47.5 Å². The number of fused-ring (bicyclic) bond motifs is 1. The number of aromatic carboxylic acids is 1. The third-order valence-corrected chi connectivity index (χ3v) is 3.24. The summed E-state index contributed by atoms with van der Waals surface area (Å²) in [7, 11) is 1.68. The van der Waals surface area contributed by atoms with Crippen molar-refractivity contribution in [3.8, 4) is 5.75 Å². The Hall–Kier alpha value is -3.09. The molecule has 1 N–H and O–H groups in total. The Labute approximate surface area is 125 Å². The second kappa shape index (κ2) is 5.36. The Balaban J connectivity index is 2.07. The number of benzene rings is 1. The number of imidazole rings is 1. The van der Waals surface area contributed by atoms with E-state index in [0.29, 0.717) is 0 Å². The number of nitrogens with zero attached hydrogens (tertiary/aromatic N) is 3. The molecule has 0 atom stereocenters. The molecule has 0 unspecified atom stereocenters. The van der Waals surface area contributed by atoms with Gasteiger partial charge in [0.2, 0.25) is 11.5 Å². The van der Waals surface area contributed by atoms with Crippen LogP contribution < -0.4 is 10.3 Å². The molecule has 22 heavy (non-hydrogen) atoms. The van der Waals surface area contributed by atoms with E-state index >= 15 is 0 Å². The van der Waals surface area contributed by atoms with E-state index in [2.05, 4.69) is 4.98 Å². The summed E-state index contributed by atoms with van der Waals surface area (Å²) in [6, 6.07) is 9.18. The summed E-state index contributed by atoms with van der Waals surface area (Å²) in [6.07, 6.45) is 3.14. The fourth-order valence-corrected chi connectivity index (χ4v) is 2.13. The number of hydrogen-bond acceptors (Lipinski definition) is 4. The molecule has 7 nitrogen and oxygen atoms in total. The van der Waals surface area contributed by atoms with Gasteiger partial charge in [0.05, 0.1) is 0 Å². The van der Waals surface area contributed by atoms with Gasteiger partial charge in [-0.1, -0.05) is 30.3 Å². The van der Waals surface area contributed by atoms with Crippen molar-refractivity contribution >= 4 is 11.7 Å². The van der Waals surface area contributed by atoms with Crippen LogP contribution in [0.25, 0.3) is 5.78 Å². The van der Waals surface area contributed by atoms with Crippen LogP contribution in [0.3, 0.4) is 0 Å². The topological polar surface area (TPSA) is 85.8 Å². The maximum absolute atomic E-state index is 12.4. The highest BCUT2D eigenvalue weighted by Crippen LogP contribution is 2.14. The van der Waals surface area contributed by atoms with Gasteiger partial charge in [-0.25, -0.2) is 14.2 Å². The van der Waals surface area contributed by atoms with Crippen molar-refractivity contribution in [1.82, 2.24) is 14.0 Å². The van der Waals surface area contributed by atoms with Crippen LogP contribution in [0.2, 0.25) is 0 Å². The molecule has 0 amide bonds. The molecule has 2 heterocycles. The summed E-state index contributed by atoms with van der Waals surface area (Å²) in [6.45, 7) is 0.0942. The first kappa shape index (κ1) is 13.9. The summed E-state index contributed by atoms with van der Waals surface area (Å²) in [5.74, 6) is -1.32. The van der Waals surface area contributed by atoms with E-state index in [1.54, 1.807) is 17.8 Å². The van der Waals surface area contributed by atoms with Gasteiger partial charge in [0.1, 0.15) is 6.61 Å². The zero-order chi connectivity index (χ0) is 15.7. The Morgan fingerprint density at radius 1 is 1.27 bits per heavy atom. The van der Waals surface area contributed by atoms with Crippen molar-refractivity contribution in [2.45, 2.75) is 6.61 Å². The minimum Gasteiger partial charge on any atom is -0.481 e. The third kappa shape index (κ3) is 2.32. The lowest BCUT2D eigenvalue weighted by molar-refractivity contribution is 0.0684. The van der Waals surface area contributed by atoms with Crippen molar-refractivity contribution in [3.63, 3.8) is 0 Å². The van der Waals surface area contributed by atoms with Crippen LogP contribution in [0.4, 0.5) is 0 Å². The molecule has 1 aromatic carbocycles. The molecular weight excluding hydrogens is 286 g/mol. The first-order chi connectivity index (χ1) is 10.6. The Morgan fingerprint density at radius 2 is 2.00 bits per heavy atom. The monoisotopic (exact) mass is 299 g/mol. The molecule has 0 radical (unpaired) electrons. The summed E-state index contributed by atoms with van der Waals surface area (Å²) in [5.41, 5.74) is -0.0990. The minimum atomic E-state index is -1.30. The number of carboxylic acids is 1. The highest BCUT2D eigenvalue weighted by atomic mass is 16.5. The van der Waals surface area contributed by atoms with Crippen LogP contribution in [-0.4, -0.2) is 25.0 Å². The molecule has 3 rings (SSSR count). The standard InChI is InChI=1S/C15H13N3O4/c1-17-7-8-18-13(19)12(11(14(20)21)16-15(17)18)22-9-10-5-3-2-4-6-10/h2-8H,9H2,1H3,(H,20,21). The molecule has 0 fully saturated rings. The van der Waals surface area contributed by atoms with Gasteiger partial charge in [0.15, 0.2) is 5.69 Å². The number of aryl methyl sites for hydroxylation is 1. The molecule has 3 aromatic rings. The summed E-state index contributed by atoms with van der Waals surface area (Å²) in [4.78, 5) is 27.8. The number of carbonyl (C=O) groups is 1. The maximum atomic E-state index is 12.4. The molecule has 112 valence electrons. The molecule has 0 spiro atoms. The molecule has 0 bridgehead atoms. The normalized spacial score (nSPS) is 10.8. The molecule has 2 aromatic heterocycles. The lowest BCUT2D eigenvalue weighted by atomic mass is 10.2. The fraction of sp³-hybridized carbons (Fsp3) is 0.133. The van der Waals surface area contributed by atoms with Gasteiger partial charge in [-0.2, -0.15) is 0 Å². The van der Waals surface area contributed by atoms with Crippen molar-refractivity contribution < 1.29 is 14.6 Å². The predicted molar refractivity (Wildman–Crippen MR) is 78.2 cm³/mol. The van der Waals surface area contributed by atoms with E-state index in [9.17, 15) is 14.7 Å². The molecule has 0 saturated heterocycles. The van der Waals surface area contributed by atoms with Crippen molar-refractivity contribution in [2.75, 3.05) is 0 Å². The van der Waals surface area contributed by atoms with Crippen molar-refractivity contribution in [1.29, 1.82) is 0 Å². The third-order valence-electron chi connectivity index (χ3n) is 3.24. The van der Waals surface area contributed by atoms with Gasteiger partial charge in [-0.15, -0.1) is 0 Å². The summed E-state index contributed by atoms with van der Waals surface area (Å²) in [5, 5.41) is 9.28. The maximum Gasteiger partial charge on any atom is 0.358 e. The smallest absolute Gasteiger partial charge is 0.358 e. The van der Waals surface area contributed by atoms with Crippen LogP contribution in [0.5, 0.6) is 5.75 Å². The largest absolute Gasteiger partial charge is 0.481 e. The minimum absolute atomic E-state index is 0.0942. The number of carboxylic acid groups (broad SMARTS) is 1. The highest BCUT2D eigenvalue weighted by molar-refractivity contribution is 5.88. The van der Waals surface area contributed by atoms with E-state index < -0.39 is 11.5 Å². The lowest BCUT2D eigenvalue weighted by Crippen LogP contribution is -2.22. The van der Waals surface area contributed by atoms with Gasteiger partial charge in [-0.3, -0.25) is 4.79 Å². The van der Waals surface area contributed by atoms with Crippen LogP contribution in [0, 0.1) is 0 Å². The Bertz CT molecular complexity index is 896. The predicted octanol–water partition coefficient (Wildman–Crippen LogP) is 1.31. The fourth-order valence-electron chi connectivity index (χ4n) is 2.13.